The smallest absolute Gasteiger partial charge is 0.314 e. The van der Waals surface area contributed by atoms with E-state index in [-0.39, 0.29) is 11.9 Å². The third-order valence-electron chi connectivity index (χ3n) is 3.34. The first-order chi connectivity index (χ1) is 8.41. The van der Waals surface area contributed by atoms with Crippen molar-refractivity contribution < 1.29 is 14.6 Å². The lowest BCUT2D eigenvalue weighted by molar-refractivity contribution is -0.160. The summed E-state index contributed by atoms with van der Waals surface area (Å²) < 4.78 is 5.01. The molecule has 0 aliphatic heterocycles. The predicted octanol–water partition coefficient (Wildman–Crippen LogP) is 2.74. The maximum Gasteiger partial charge on any atom is 0.314 e. The van der Waals surface area contributed by atoms with Gasteiger partial charge in [0.2, 0.25) is 0 Å². The van der Waals surface area contributed by atoms with E-state index in [1.54, 1.807) is 20.8 Å². The Kier molecular flexibility index (Phi) is 4.91. The second-order valence-corrected chi connectivity index (χ2v) is 5.09. The molecule has 0 spiro atoms. The van der Waals surface area contributed by atoms with E-state index in [9.17, 15) is 9.90 Å². The van der Waals surface area contributed by atoms with Gasteiger partial charge < -0.3 is 9.84 Å². The molecular weight excluding hydrogens is 228 g/mol. The lowest BCUT2D eigenvalue weighted by Gasteiger charge is -2.32. The molecular formula is C15H22O3. The number of aliphatic hydroxyl groups is 1. The molecule has 1 N–H and O–H groups in total. The summed E-state index contributed by atoms with van der Waals surface area (Å²) in [6.07, 6.45) is -0.779. The predicted molar refractivity (Wildman–Crippen MR) is 71.3 cm³/mol. The number of rotatable bonds is 5. The number of carbonyl (C=O) groups is 1. The lowest BCUT2D eigenvalue weighted by Crippen LogP contribution is -2.41. The van der Waals surface area contributed by atoms with E-state index in [1.807, 2.05) is 37.3 Å². The summed E-state index contributed by atoms with van der Waals surface area (Å²) in [5, 5.41) is 10.4. The molecule has 3 nitrogen and oxygen atoms in total. The van der Waals surface area contributed by atoms with Crippen LogP contribution in [-0.2, 0) is 9.53 Å². The summed E-state index contributed by atoms with van der Waals surface area (Å²) in [6.45, 7) is 7.45. The summed E-state index contributed by atoms with van der Waals surface area (Å²) in [5.41, 5.74) is 0.105. The first-order valence-corrected chi connectivity index (χ1v) is 6.31. The molecule has 1 rings (SSSR count). The van der Waals surface area contributed by atoms with Gasteiger partial charge in [0.25, 0.3) is 0 Å². The molecule has 0 saturated carbocycles. The first-order valence-electron chi connectivity index (χ1n) is 6.31. The molecule has 0 aliphatic carbocycles. The van der Waals surface area contributed by atoms with Crippen molar-refractivity contribution >= 4 is 5.97 Å². The van der Waals surface area contributed by atoms with Gasteiger partial charge in [-0.25, -0.2) is 0 Å². The van der Waals surface area contributed by atoms with Gasteiger partial charge in [0, 0.05) is 5.92 Å². The summed E-state index contributed by atoms with van der Waals surface area (Å²) in [5.74, 6) is -0.481. The van der Waals surface area contributed by atoms with Gasteiger partial charge in [-0.3, -0.25) is 4.79 Å². The van der Waals surface area contributed by atoms with Crippen LogP contribution in [0.5, 0.6) is 0 Å². The maximum absolute atomic E-state index is 11.9. The Hall–Kier alpha value is -1.35. The molecule has 0 bridgehead atoms. The fourth-order valence-corrected chi connectivity index (χ4v) is 2.00. The number of ether oxygens (including phenoxy) is 1. The molecule has 0 amide bonds. The maximum atomic E-state index is 11.9. The van der Waals surface area contributed by atoms with Gasteiger partial charge in [0.1, 0.15) is 0 Å². The van der Waals surface area contributed by atoms with Crippen LogP contribution in [0, 0.1) is 5.41 Å². The van der Waals surface area contributed by atoms with Gasteiger partial charge in [-0.05, 0) is 26.3 Å². The van der Waals surface area contributed by atoms with Crippen LogP contribution < -0.4 is 0 Å². The van der Waals surface area contributed by atoms with E-state index >= 15 is 0 Å². The van der Waals surface area contributed by atoms with Gasteiger partial charge in [-0.2, -0.15) is 0 Å². The zero-order chi connectivity index (χ0) is 13.8. The van der Waals surface area contributed by atoms with Gasteiger partial charge in [-0.15, -0.1) is 0 Å². The highest BCUT2D eigenvalue weighted by molar-refractivity contribution is 5.76. The number of benzene rings is 1. The minimum absolute atomic E-state index is 0.120. The topological polar surface area (TPSA) is 46.5 Å². The van der Waals surface area contributed by atoms with E-state index in [0.717, 1.165) is 5.56 Å². The molecule has 0 aliphatic rings. The van der Waals surface area contributed by atoms with Crippen LogP contribution in [0.3, 0.4) is 0 Å². The Labute approximate surface area is 109 Å². The van der Waals surface area contributed by atoms with Crippen molar-refractivity contribution in [3.8, 4) is 0 Å². The van der Waals surface area contributed by atoms with Crippen molar-refractivity contribution in [3.63, 3.8) is 0 Å². The molecule has 0 radical (unpaired) electrons. The minimum atomic E-state index is -0.911. The number of hydrogen-bond acceptors (Lipinski definition) is 3. The molecule has 3 heteroatoms. The summed E-state index contributed by atoms with van der Waals surface area (Å²) in [6, 6.07) is 9.69. The molecule has 2 atom stereocenters. The molecule has 1 aromatic carbocycles. The highest BCUT2D eigenvalue weighted by atomic mass is 16.5. The van der Waals surface area contributed by atoms with E-state index in [4.69, 9.17) is 4.74 Å². The fourth-order valence-electron chi connectivity index (χ4n) is 2.00. The fraction of sp³-hybridized carbons (Fsp3) is 0.533. The molecule has 0 fully saturated rings. The first kappa shape index (κ1) is 14.7. The average Bonchev–Trinajstić information content (AvgIpc) is 2.38. The van der Waals surface area contributed by atoms with Crippen molar-refractivity contribution in [3.05, 3.63) is 35.9 Å². The Morgan fingerprint density at radius 3 is 2.39 bits per heavy atom. The highest BCUT2D eigenvalue weighted by Gasteiger charge is 2.40. The highest BCUT2D eigenvalue weighted by Crippen LogP contribution is 2.33. The zero-order valence-electron chi connectivity index (χ0n) is 11.5. The number of hydrogen-bond donors (Lipinski definition) is 1. The van der Waals surface area contributed by atoms with Crippen molar-refractivity contribution in [1.82, 2.24) is 0 Å². The average molecular weight is 250 g/mol. The van der Waals surface area contributed by atoms with E-state index in [2.05, 4.69) is 0 Å². The van der Waals surface area contributed by atoms with E-state index in [0.29, 0.717) is 6.61 Å². The Balaban J connectivity index is 2.86. The minimum Gasteiger partial charge on any atom is -0.466 e. The van der Waals surface area contributed by atoms with Gasteiger partial charge in [0.05, 0.1) is 18.1 Å². The number of carbonyl (C=O) groups excluding carboxylic acids is 1. The van der Waals surface area contributed by atoms with Gasteiger partial charge >= 0.3 is 5.97 Å². The van der Waals surface area contributed by atoms with Crippen LogP contribution >= 0.6 is 0 Å². The molecule has 1 aromatic rings. The van der Waals surface area contributed by atoms with Crippen LogP contribution in [0.4, 0.5) is 0 Å². The van der Waals surface area contributed by atoms with Crippen LogP contribution in [0.25, 0.3) is 0 Å². The van der Waals surface area contributed by atoms with Crippen LogP contribution in [0.2, 0.25) is 0 Å². The number of aliphatic hydroxyl groups excluding tert-OH is 1. The monoisotopic (exact) mass is 250 g/mol. The van der Waals surface area contributed by atoms with Crippen molar-refractivity contribution in [2.75, 3.05) is 6.61 Å². The summed E-state index contributed by atoms with van der Waals surface area (Å²) >= 11 is 0. The quantitative estimate of drug-likeness (QED) is 0.817. The summed E-state index contributed by atoms with van der Waals surface area (Å²) in [4.78, 5) is 11.9. The standard InChI is InChI=1S/C15H22O3/c1-5-18-14(17)15(3,4)13(16)11(2)12-9-7-6-8-10-12/h6-11,13,16H,5H2,1-4H3. The van der Waals surface area contributed by atoms with Crippen LogP contribution in [-0.4, -0.2) is 23.8 Å². The summed E-state index contributed by atoms with van der Waals surface area (Å²) in [7, 11) is 0. The van der Waals surface area contributed by atoms with E-state index in [1.165, 1.54) is 0 Å². The van der Waals surface area contributed by atoms with E-state index < -0.39 is 11.5 Å². The molecule has 0 aromatic heterocycles. The zero-order valence-corrected chi connectivity index (χ0v) is 11.5. The molecule has 0 heterocycles. The second-order valence-electron chi connectivity index (χ2n) is 5.09. The molecule has 100 valence electrons. The van der Waals surface area contributed by atoms with Gasteiger partial charge in [0.15, 0.2) is 0 Å². The molecule has 2 unspecified atom stereocenters. The van der Waals surface area contributed by atoms with Crippen molar-refractivity contribution in [1.29, 1.82) is 0 Å². The Morgan fingerprint density at radius 2 is 1.89 bits per heavy atom. The largest absolute Gasteiger partial charge is 0.466 e. The Bertz CT molecular complexity index is 384. The second kappa shape index (κ2) is 6.01. The van der Waals surface area contributed by atoms with Crippen LogP contribution in [0.1, 0.15) is 39.2 Å². The molecule has 18 heavy (non-hydrogen) atoms. The normalized spacial score (nSPS) is 14.9. The van der Waals surface area contributed by atoms with Crippen LogP contribution in [0.15, 0.2) is 30.3 Å². The third-order valence-corrected chi connectivity index (χ3v) is 3.34. The molecule has 0 saturated heterocycles. The van der Waals surface area contributed by atoms with Gasteiger partial charge in [-0.1, -0.05) is 37.3 Å². The van der Waals surface area contributed by atoms with Crippen molar-refractivity contribution in [2.24, 2.45) is 5.41 Å². The lowest BCUT2D eigenvalue weighted by atomic mass is 9.77. The van der Waals surface area contributed by atoms with Crippen molar-refractivity contribution in [2.45, 2.75) is 39.7 Å². The SMILES string of the molecule is CCOC(=O)C(C)(C)C(O)C(C)c1ccccc1. The number of esters is 1. The third kappa shape index (κ3) is 3.10. The Morgan fingerprint density at radius 1 is 1.33 bits per heavy atom.